The molecular weight excluding hydrogens is 308 g/mol. The third-order valence-corrected chi connectivity index (χ3v) is 3.60. The Kier molecular flexibility index (Phi) is 4.28. The number of hydrogen-bond donors (Lipinski definition) is 3. The minimum Gasteiger partial charge on any atom is -0.369 e. The molecule has 4 N–H and O–H groups in total. The Morgan fingerprint density at radius 3 is 2.88 bits per heavy atom. The number of hydrogen-bond acceptors (Lipinski definition) is 5. The second kappa shape index (κ2) is 6.53. The maximum atomic E-state index is 12.2. The summed E-state index contributed by atoms with van der Waals surface area (Å²) in [6.07, 6.45) is 2.15. The first kappa shape index (κ1) is 15.7. The Morgan fingerprint density at radius 2 is 2.12 bits per heavy atom. The van der Waals surface area contributed by atoms with Crippen molar-refractivity contribution in [2.75, 3.05) is 5.73 Å². The molecule has 3 rings (SSSR count). The molecule has 0 aliphatic rings. The van der Waals surface area contributed by atoms with Gasteiger partial charge in [-0.15, -0.1) is 0 Å². The van der Waals surface area contributed by atoms with Gasteiger partial charge in [0.1, 0.15) is 6.54 Å². The van der Waals surface area contributed by atoms with E-state index in [0.29, 0.717) is 5.65 Å². The molecule has 0 aliphatic carbocycles. The van der Waals surface area contributed by atoms with Crippen molar-refractivity contribution in [1.29, 1.82) is 0 Å². The van der Waals surface area contributed by atoms with Gasteiger partial charge in [0, 0.05) is 6.04 Å². The zero-order chi connectivity index (χ0) is 17.1. The van der Waals surface area contributed by atoms with Crippen LogP contribution in [0.1, 0.15) is 12.5 Å². The van der Waals surface area contributed by atoms with Crippen LogP contribution in [0.15, 0.2) is 41.5 Å². The van der Waals surface area contributed by atoms with E-state index < -0.39 is 5.56 Å². The lowest BCUT2D eigenvalue weighted by Crippen LogP contribution is -2.36. The predicted molar refractivity (Wildman–Crippen MR) is 90.3 cm³/mol. The van der Waals surface area contributed by atoms with Gasteiger partial charge in [-0.25, -0.2) is 4.98 Å². The second-order valence-electron chi connectivity index (χ2n) is 5.65. The maximum absolute atomic E-state index is 12.2. The molecule has 8 nitrogen and oxygen atoms in total. The quantitative estimate of drug-likeness (QED) is 0.629. The number of nitrogens with zero attached hydrogens (tertiary/aromatic N) is 3. The number of carbonyl (C=O) groups is 1. The van der Waals surface area contributed by atoms with E-state index in [-0.39, 0.29) is 30.0 Å². The van der Waals surface area contributed by atoms with E-state index in [4.69, 9.17) is 5.73 Å². The molecule has 124 valence electrons. The first-order valence-electron chi connectivity index (χ1n) is 7.57. The average molecular weight is 326 g/mol. The molecule has 0 spiro atoms. The molecule has 1 aromatic carbocycles. The lowest BCUT2D eigenvalue weighted by atomic mass is 10.1. The van der Waals surface area contributed by atoms with Crippen molar-refractivity contribution in [1.82, 2.24) is 24.8 Å². The summed E-state index contributed by atoms with van der Waals surface area (Å²) in [5.41, 5.74) is 6.73. The Hall–Kier alpha value is -3.16. The summed E-state index contributed by atoms with van der Waals surface area (Å²) in [7, 11) is 0. The van der Waals surface area contributed by atoms with Gasteiger partial charge in [-0.2, -0.15) is 4.98 Å². The first-order valence-corrected chi connectivity index (χ1v) is 7.57. The number of nitrogens with two attached hydrogens (primary N) is 1. The van der Waals surface area contributed by atoms with Gasteiger partial charge in [0.15, 0.2) is 11.2 Å². The highest BCUT2D eigenvalue weighted by Gasteiger charge is 2.13. The zero-order valence-corrected chi connectivity index (χ0v) is 13.2. The predicted octanol–water partition coefficient (Wildman–Crippen LogP) is 0.449. The molecule has 0 radical (unpaired) electrons. The molecule has 0 aliphatic heterocycles. The maximum Gasteiger partial charge on any atom is 0.280 e. The molecule has 1 amide bonds. The van der Waals surface area contributed by atoms with E-state index >= 15 is 0 Å². The normalized spacial score (nSPS) is 12.2. The van der Waals surface area contributed by atoms with Gasteiger partial charge < -0.3 is 15.6 Å². The number of H-pyrrole nitrogens is 1. The molecule has 0 saturated heterocycles. The summed E-state index contributed by atoms with van der Waals surface area (Å²) in [6, 6.07) is 9.91. The number of rotatable bonds is 5. The van der Waals surface area contributed by atoms with Crippen LogP contribution in [0.3, 0.4) is 0 Å². The van der Waals surface area contributed by atoms with Gasteiger partial charge in [-0.3, -0.25) is 14.6 Å². The number of nitrogen functional groups attached to an aromatic ring is 1. The van der Waals surface area contributed by atoms with Crippen LogP contribution in [0, 0.1) is 0 Å². The van der Waals surface area contributed by atoms with E-state index in [1.165, 1.54) is 10.9 Å². The highest BCUT2D eigenvalue weighted by Crippen LogP contribution is 2.07. The van der Waals surface area contributed by atoms with Gasteiger partial charge in [-0.1, -0.05) is 30.3 Å². The van der Waals surface area contributed by atoms with Gasteiger partial charge in [0.2, 0.25) is 11.9 Å². The monoisotopic (exact) mass is 326 g/mol. The van der Waals surface area contributed by atoms with Crippen LogP contribution in [0.2, 0.25) is 0 Å². The number of aromatic nitrogens is 4. The highest BCUT2D eigenvalue weighted by molar-refractivity contribution is 5.79. The van der Waals surface area contributed by atoms with E-state index in [0.717, 1.165) is 12.0 Å². The standard InChI is InChI=1S/C16H18N6O2/c1-10(7-11-5-3-2-4-6-11)19-12(23)8-22-9-18-13-14(22)20-16(17)21-15(13)24/h2-6,9-10H,7-8H2,1H3,(H,19,23)(H3,17,20,21,24). The number of benzene rings is 1. The summed E-state index contributed by atoms with van der Waals surface area (Å²) >= 11 is 0. The minimum atomic E-state index is -0.422. The fraction of sp³-hybridized carbons (Fsp3) is 0.250. The number of nitrogens with one attached hydrogen (secondary N) is 2. The molecule has 0 fully saturated rings. The average Bonchev–Trinajstić information content (AvgIpc) is 2.91. The van der Waals surface area contributed by atoms with Gasteiger partial charge in [-0.05, 0) is 18.9 Å². The van der Waals surface area contributed by atoms with Crippen molar-refractivity contribution in [3.05, 3.63) is 52.6 Å². The molecule has 24 heavy (non-hydrogen) atoms. The first-order chi connectivity index (χ1) is 11.5. The summed E-state index contributed by atoms with van der Waals surface area (Å²) in [5.74, 6) is -0.189. The van der Waals surface area contributed by atoms with Crippen LogP contribution in [0.4, 0.5) is 5.95 Å². The van der Waals surface area contributed by atoms with Gasteiger partial charge in [0.05, 0.1) is 6.33 Å². The Bertz CT molecular complexity index is 915. The lowest BCUT2D eigenvalue weighted by Gasteiger charge is -2.14. The summed E-state index contributed by atoms with van der Waals surface area (Å²) < 4.78 is 1.51. The van der Waals surface area contributed by atoms with Crippen molar-refractivity contribution in [2.45, 2.75) is 25.9 Å². The molecule has 3 aromatic rings. The summed E-state index contributed by atoms with van der Waals surface area (Å²) in [4.78, 5) is 34.3. The molecular formula is C16H18N6O2. The van der Waals surface area contributed by atoms with Crippen LogP contribution in [0.5, 0.6) is 0 Å². The van der Waals surface area contributed by atoms with E-state index in [1.807, 2.05) is 37.3 Å². The number of anilines is 1. The van der Waals surface area contributed by atoms with Crippen LogP contribution in [0.25, 0.3) is 11.2 Å². The second-order valence-corrected chi connectivity index (χ2v) is 5.65. The number of fused-ring (bicyclic) bond motifs is 1. The van der Waals surface area contributed by atoms with E-state index in [1.54, 1.807) is 0 Å². The smallest absolute Gasteiger partial charge is 0.280 e. The largest absolute Gasteiger partial charge is 0.369 e. The van der Waals surface area contributed by atoms with Crippen molar-refractivity contribution in [2.24, 2.45) is 0 Å². The molecule has 2 aromatic heterocycles. The van der Waals surface area contributed by atoms with Crippen molar-refractivity contribution in [3.63, 3.8) is 0 Å². The number of aromatic amines is 1. The van der Waals surface area contributed by atoms with Crippen molar-refractivity contribution >= 4 is 23.0 Å². The Labute approximate surface area is 137 Å². The van der Waals surface area contributed by atoms with E-state index in [2.05, 4.69) is 20.3 Å². The highest BCUT2D eigenvalue weighted by atomic mass is 16.2. The summed E-state index contributed by atoms with van der Waals surface area (Å²) in [6.45, 7) is 1.96. The number of amides is 1. The van der Waals surface area contributed by atoms with Crippen LogP contribution < -0.4 is 16.6 Å². The number of carbonyl (C=O) groups excluding carboxylic acids is 1. The van der Waals surface area contributed by atoms with Gasteiger partial charge in [0.25, 0.3) is 5.56 Å². The fourth-order valence-corrected chi connectivity index (χ4v) is 2.58. The summed E-state index contributed by atoms with van der Waals surface area (Å²) in [5, 5.41) is 2.93. The van der Waals surface area contributed by atoms with Crippen LogP contribution in [-0.2, 0) is 17.8 Å². The lowest BCUT2D eigenvalue weighted by molar-refractivity contribution is -0.122. The van der Waals surface area contributed by atoms with Crippen LogP contribution in [-0.4, -0.2) is 31.5 Å². The SMILES string of the molecule is CC(Cc1ccccc1)NC(=O)Cn1cnc2c(=O)[nH]c(N)nc21. The van der Waals surface area contributed by atoms with Crippen molar-refractivity contribution < 1.29 is 4.79 Å². The Balaban J connectivity index is 1.68. The molecule has 2 heterocycles. The topological polar surface area (TPSA) is 119 Å². The zero-order valence-electron chi connectivity index (χ0n) is 13.2. The molecule has 0 bridgehead atoms. The van der Waals surface area contributed by atoms with Crippen LogP contribution >= 0.6 is 0 Å². The van der Waals surface area contributed by atoms with Crippen molar-refractivity contribution in [3.8, 4) is 0 Å². The molecule has 1 atom stereocenters. The molecule has 1 unspecified atom stereocenters. The van der Waals surface area contributed by atoms with E-state index in [9.17, 15) is 9.59 Å². The Morgan fingerprint density at radius 1 is 1.38 bits per heavy atom. The van der Waals surface area contributed by atoms with Gasteiger partial charge >= 0.3 is 0 Å². The third-order valence-electron chi connectivity index (χ3n) is 3.60. The molecule has 8 heteroatoms. The minimum absolute atomic E-state index is 0.00731. The fourth-order valence-electron chi connectivity index (χ4n) is 2.58. The number of imidazole rings is 1. The molecule has 0 saturated carbocycles. The third kappa shape index (κ3) is 3.43.